The Morgan fingerprint density at radius 3 is 2.36 bits per heavy atom. The molecule has 2 rings (SSSR count). The maximum atomic E-state index is 12.2. The Bertz CT molecular complexity index is 852. The molecule has 0 aliphatic rings. The molecule has 0 aliphatic carbocycles. The summed E-state index contributed by atoms with van der Waals surface area (Å²) >= 11 is 0. The number of nitrogen functional groups attached to an aromatic ring is 1. The molecule has 156 valence electrons. The highest BCUT2D eigenvalue weighted by Gasteiger charge is 2.20. The van der Waals surface area contributed by atoms with E-state index in [-0.39, 0.29) is 11.2 Å². The average Bonchev–Trinajstić information content (AvgIpc) is 3.00. The van der Waals surface area contributed by atoms with Crippen LogP contribution in [0.2, 0.25) is 0 Å². The Hall–Kier alpha value is -2.09. The Labute approximate surface area is 168 Å². The molecule has 2 aromatic heterocycles. The van der Waals surface area contributed by atoms with Crippen LogP contribution in [0, 0.1) is 0 Å². The van der Waals surface area contributed by atoms with Gasteiger partial charge in [0.1, 0.15) is 5.82 Å². The summed E-state index contributed by atoms with van der Waals surface area (Å²) in [6, 6.07) is 5.22. The van der Waals surface area contributed by atoms with Gasteiger partial charge in [-0.25, -0.2) is 13.4 Å². The number of sulfonamides is 1. The van der Waals surface area contributed by atoms with Crippen molar-refractivity contribution in [2.75, 3.05) is 16.2 Å². The monoisotopic (exact) mass is 407 g/mol. The minimum atomic E-state index is -3.37. The second-order valence-corrected chi connectivity index (χ2v) is 10.1. The molecule has 7 nitrogen and oxygen atoms in total. The van der Waals surface area contributed by atoms with Crippen LogP contribution in [-0.2, 0) is 15.4 Å². The number of nitrogens with zero attached hydrogens (tertiary/aromatic N) is 3. The number of unbranched alkanes of at least 4 members (excludes halogenated alkanes) is 5. The molecule has 0 saturated heterocycles. The van der Waals surface area contributed by atoms with Gasteiger partial charge < -0.3 is 5.73 Å². The summed E-state index contributed by atoms with van der Waals surface area (Å²) in [7, 11) is -3.37. The Kier molecular flexibility index (Phi) is 7.46. The number of anilines is 2. The van der Waals surface area contributed by atoms with Gasteiger partial charge in [0.15, 0.2) is 5.82 Å². The van der Waals surface area contributed by atoms with Crippen LogP contribution >= 0.6 is 0 Å². The minimum Gasteiger partial charge on any atom is -0.384 e. The van der Waals surface area contributed by atoms with E-state index >= 15 is 0 Å². The molecule has 0 amide bonds. The molecular weight excluding hydrogens is 374 g/mol. The van der Waals surface area contributed by atoms with E-state index in [1.807, 2.05) is 6.07 Å². The molecule has 8 heteroatoms. The summed E-state index contributed by atoms with van der Waals surface area (Å²) in [6.45, 7) is 8.36. The highest BCUT2D eigenvalue weighted by Crippen LogP contribution is 2.24. The zero-order valence-electron chi connectivity index (χ0n) is 17.4. The summed E-state index contributed by atoms with van der Waals surface area (Å²) in [5, 5.41) is 4.52. The van der Waals surface area contributed by atoms with Crippen molar-refractivity contribution in [3.63, 3.8) is 0 Å². The molecule has 0 aromatic carbocycles. The van der Waals surface area contributed by atoms with Crippen LogP contribution in [0.1, 0.15) is 71.9 Å². The molecule has 0 unspecified atom stereocenters. The zero-order valence-corrected chi connectivity index (χ0v) is 18.2. The second-order valence-electron chi connectivity index (χ2n) is 8.21. The van der Waals surface area contributed by atoms with Gasteiger partial charge in [-0.15, -0.1) is 0 Å². The van der Waals surface area contributed by atoms with Crippen LogP contribution in [0.4, 0.5) is 11.5 Å². The van der Waals surface area contributed by atoms with Gasteiger partial charge in [-0.05, 0) is 18.6 Å². The Morgan fingerprint density at radius 1 is 1.11 bits per heavy atom. The van der Waals surface area contributed by atoms with E-state index in [0.717, 1.165) is 18.5 Å². The lowest BCUT2D eigenvalue weighted by atomic mass is 9.92. The van der Waals surface area contributed by atoms with Crippen LogP contribution in [-0.4, -0.2) is 28.9 Å². The van der Waals surface area contributed by atoms with E-state index in [1.165, 1.54) is 25.5 Å². The quantitative estimate of drug-likeness (QED) is 0.573. The number of pyridine rings is 1. The maximum absolute atomic E-state index is 12.2. The van der Waals surface area contributed by atoms with Gasteiger partial charge in [0.2, 0.25) is 10.0 Å². The van der Waals surface area contributed by atoms with Crippen molar-refractivity contribution in [1.29, 1.82) is 0 Å². The number of hydrogen-bond donors (Lipinski definition) is 2. The molecule has 2 heterocycles. The second kappa shape index (κ2) is 9.41. The third-order valence-electron chi connectivity index (χ3n) is 4.51. The Morgan fingerprint density at radius 2 is 1.79 bits per heavy atom. The molecule has 0 aliphatic heterocycles. The predicted molar refractivity (Wildman–Crippen MR) is 115 cm³/mol. The first kappa shape index (κ1) is 22.2. The fraction of sp³-hybridized carbons (Fsp3) is 0.600. The number of nitrogens with two attached hydrogens (primary N) is 1. The summed E-state index contributed by atoms with van der Waals surface area (Å²) in [5.74, 6) is 1.17. The molecule has 0 spiro atoms. The van der Waals surface area contributed by atoms with Gasteiger partial charge in [-0.1, -0.05) is 59.8 Å². The minimum absolute atomic E-state index is 0.120. The van der Waals surface area contributed by atoms with Crippen molar-refractivity contribution >= 4 is 21.5 Å². The molecule has 28 heavy (non-hydrogen) atoms. The lowest BCUT2D eigenvalue weighted by Gasteiger charge is -2.14. The standard InChI is InChI=1S/C20H33N5O2S/c1-5-6-7-8-9-10-13-28(26,27)24-16-11-12-19(22-15-16)25-18(21)14-17(23-25)20(2,3)4/h11-12,14-15,24H,5-10,13,21H2,1-4H3. The topological polar surface area (TPSA) is 103 Å². The molecule has 0 bridgehead atoms. The Balaban J connectivity index is 1.96. The van der Waals surface area contributed by atoms with Crippen molar-refractivity contribution < 1.29 is 8.42 Å². The normalized spacial score (nSPS) is 12.3. The maximum Gasteiger partial charge on any atom is 0.232 e. The third kappa shape index (κ3) is 6.51. The lowest BCUT2D eigenvalue weighted by Crippen LogP contribution is -2.17. The fourth-order valence-electron chi connectivity index (χ4n) is 2.82. The summed E-state index contributed by atoms with van der Waals surface area (Å²) in [5.41, 5.74) is 7.25. The predicted octanol–water partition coefficient (Wildman–Crippen LogP) is 4.25. The molecular formula is C20H33N5O2S. The van der Waals surface area contributed by atoms with E-state index in [1.54, 1.807) is 16.8 Å². The third-order valence-corrected chi connectivity index (χ3v) is 5.88. The molecule has 3 N–H and O–H groups in total. The van der Waals surface area contributed by atoms with Crippen molar-refractivity contribution in [2.45, 2.75) is 71.6 Å². The zero-order chi connectivity index (χ0) is 20.8. The van der Waals surface area contributed by atoms with Crippen LogP contribution in [0.15, 0.2) is 24.4 Å². The number of hydrogen-bond acceptors (Lipinski definition) is 5. The van der Waals surface area contributed by atoms with Gasteiger partial charge >= 0.3 is 0 Å². The van der Waals surface area contributed by atoms with E-state index < -0.39 is 10.0 Å². The molecule has 0 fully saturated rings. The van der Waals surface area contributed by atoms with Crippen LogP contribution in [0.25, 0.3) is 5.82 Å². The average molecular weight is 408 g/mol. The SMILES string of the molecule is CCCCCCCCS(=O)(=O)Nc1ccc(-n2nc(C(C)(C)C)cc2N)nc1. The number of nitrogens with one attached hydrogen (secondary N) is 1. The van der Waals surface area contributed by atoms with Gasteiger partial charge in [0.05, 0.1) is 23.3 Å². The molecule has 0 radical (unpaired) electrons. The van der Waals surface area contributed by atoms with E-state index in [9.17, 15) is 8.42 Å². The van der Waals surface area contributed by atoms with Crippen LogP contribution < -0.4 is 10.5 Å². The first-order valence-electron chi connectivity index (χ1n) is 9.95. The molecule has 0 atom stereocenters. The van der Waals surface area contributed by atoms with Crippen molar-refractivity contribution in [2.24, 2.45) is 0 Å². The number of aromatic nitrogens is 3. The molecule has 0 saturated carbocycles. The van der Waals surface area contributed by atoms with E-state index in [4.69, 9.17) is 5.73 Å². The van der Waals surface area contributed by atoms with Crippen LogP contribution in [0.3, 0.4) is 0 Å². The smallest absolute Gasteiger partial charge is 0.232 e. The summed E-state index contributed by atoms with van der Waals surface area (Å²) in [4.78, 5) is 4.31. The highest BCUT2D eigenvalue weighted by atomic mass is 32.2. The van der Waals surface area contributed by atoms with E-state index in [2.05, 4.69) is 42.5 Å². The first-order valence-corrected chi connectivity index (χ1v) is 11.6. The van der Waals surface area contributed by atoms with Crippen molar-refractivity contribution in [3.05, 3.63) is 30.1 Å². The summed E-state index contributed by atoms with van der Waals surface area (Å²) < 4.78 is 28.6. The lowest BCUT2D eigenvalue weighted by molar-refractivity contribution is 0.559. The van der Waals surface area contributed by atoms with Gasteiger partial charge in [0.25, 0.3) is 0 Å². The largest absolute Gasteiger partial charge is 0.384 e. The highest BCUT2D eigenvalue weighted by molar-refractivity contribution is 7.92. The first-order chi connectivity index (χ1) is 13.1. The van der Waals surface area contributed by atoms with Crippen molar-refractivity contribution in [3.8, 4) is 5.82 Å². The van der Waals surface area contributed by atoms with Crippen molar-refractivity contribution in [1.82, 2.24) is 14.8 Å². The number of rotatable bonds is 10. The summed E-state index contributed by atoms with van der Waals surface area (Å²) in [6.07, 6.45) is 7.75. The molecule has 2 aromatic rings. The van der Waals surface area contributed by atoms with Gasteiger partial charge in [-0.2, -0.15) is 9.78 Å². The fourth-order valence-corrected chi connectivity index (χ4v) is 3.99. The van der Waals surface area contributed by atoms with E-state index in [0.29, 0.717) is 23.7 Å². The van der Waals surface area contributed by atoms with Gasteiger partial charge in [0, 0.05) is 11.5 Å². The van der Waals surface area contributed by atoms with Crippen LogP contribution in [0.5, 0.6) is 0 Å². The van der Waals surface area contributed by atoms with Gasteiger partial charge in [-0.3, -0.25) is 4.72 Å².